The minimum atomic E-state index is -2.59. The molecule has 0 bridgehead atoms. The van der Waals surface area contributed by atoms with Gasteiger partial charge in [-0.1, -0.05) is 53.4 Å². The Kier molecular flexibility index (Phi) is 18.4. The van der Waals surface area contributed by atoms with Crippen LogP contribution in [-0.2, 0) is 36.5 Å². The molecule has 2 aliphatic rings. The van der Waals surface area contributed by atoms with Gasteiger partial charge in [0.1, 0.15) is 0 Å². The summed E-state index contributed by atoms with van der Waals surface area (Å²) >= 11 is -0.859. The number of fused-ring (bicyclic) bond motifs is 6. The van der Waals surface area contributed by atoms with Gasteiger partial charge in [0.25, 0.3) is 0 Å². The molecule has 0 saturated carbocycles. The zero-order valence-corrected chi connectivity index (χ0v) is 54.8. The molecule has 0 aliphatic heterocycles. The van der Waals surface area contributed by atoms with Crippen LogP contribution in [0.4, 0.5) is 0 Å². The van der Waals surface area contributed by atoms with Gasteiger partial charge in [-0.3, -0.25) is 0 Å². The quantitative estimate of drug-likeness (QED) is 0.0374. The molecule has 0 unspecified atom stereocenters. The molecule has 9 rings (SSSR count). The summed E-state index contributed by atoms with van der Waals surface area (Å²) in [5.74, 6) is 0. The van der Waals surface area contributed by atoms with Gasteiger partial charge in [0.2, 0.25) is 0 Å². The van der Waals surface area contributed by atoms with E-state index in [1.165, 1.54) is 190 Å². The van der Waals surface area contributed by atoms with E-state index in [1.54, 1.807) is 5.79 Å². The minimum absolute atomic E-state index is 0.430. The summed E-state index contributed by atoms with van der Waals surface area (Å²) in [6.45, 7) is 9.28. The van der Waals surface area contributed by atoms with Gasteiger partial charge in [0.05, 0.1) is 0 Å². The van der Waals surface area contributed by atoms with E-state index in [-0.39, 0.29) is 0 Å². The van der Waals surface area contributed by atoms with Gasteiger partial charge in [0, 0.05) is 0 Å². The third-order valence-corrected chi connectivity index (χ3v) is 38.2. The Morgan fingerprint density at radius 2 is 0.568 bits per heavy atom. The number of hydrogen-bond donors (Lipinski definition) is 0. The summed E-state index contributed by atoms with van der Waals surface area (Å²) in [4.78, 5) is 18.8. The van der Waals surface area contributed by atoms with Crippen molar-refractivity contribution in [2.75, 3.05) is 0 Å². The zero-order chi connectivity index (χ0) is 52.1. The van der Waals surface area contributed by atoms with Crippen LogP contribution in [0.25, 0.3) is 20.9 Å². The predicted molar refractivity (Wildman–Crippen MR) is 334 cm³/mol. The number of rotatable bonds is 26. The van der Waals surface area contributed by atoms with Crippen molar-refractivity contribution >= 4 is 65.2 Å². The molecule has 5 aromatic carbocycles. The Bertz CT molecular complexity index is 2620. The van der Waals surface area contributed by atoms with E-state index in [0.717, 1.165) is 25.7 Å². The van der Waals surface area contributed by atoms with E-state index in [2.05, 4.69) is 201 Å². The Hall–Kier alpha value is -2.90. The van der Waals surface area contributed by atoms with Gasteiger partial charge in [0.15, 0.2) is 0 Å². The van der Waals surface area contributed by atoms with E-state index in [1.807, 2.05) is 0 Å². The molecule has 2 aliphatic carbocycles. The van der Waals surface area contributed by atoms with E-state index < -0.39 is 47.6 Å². The first kappa shape index (κ1) is 55.8. The van der Waals surface area contributed by atoms with Crippen LogP contribution in [0, 0.1) is 0 Å². The first-order valence-corrected chi connectivity index (χ1v) is 51.3. The normalized spacial score (nSPS) is 14.3. The molecular formula is C70H90S2Sn2. The fourth-order valence-electron chi connectivity index (χ4n) is 12.7. The van der Waals surface area contributed by atoms with E-state index >= 15 is 0 Å². The summed E-state index contributed by atoms with van der Waals surface area (Å²) in [6, 6.07) is 51.5. The Balaban J connectivity index is 1.31. The van der Waals surface area contributed by atoms with Crippen molar-refractivity contribution in [1.82, 2.24) is 0 Å². The standard InChI is InChI=1S/C64H72S2.6CH3.2Sn/c1-5-9-13-17-21-47-25-33-51(34-26-47)63(52-35-27-48(28-36-52)22-18-14-10-6-2)57-41-43-65-61(57)55-46-60-56(45-59(55)63)62-58(42-44-66-62)64(60,53-37-29-49(30-38-53)23-19-15-11-7-3)54-39-31-50(32-40-54)24-20-16-12-8-4;;;;;;;;/h25-42,45-46H,5-24H2,1-4H3;6*1H3;;. The van der Waals surface area contributed by atoms with Crippen molar-refractivity contribution in [2.45, 2.75) is 197 Å². The molecule has 2 heterocycles. The molecule has 0 saturated heterocycles. The van der Waals surface area contributed by atoms with Crippen LogP contribution in [0.5, 0.6) is 0 Å². The average molecular weight is 1230 g/mol. The van der Waals surface area contributed by atoms with Crippen molar-refractivity contribution in [2.24, 2.45) is 0 Å². The van der Waals surface area contributed by atoms with Crippen molar-refractivity contribution in [3.63, 3.8) is 0 Å². The summed E-state index contributed by atoms with van der Waals surface area (Å²) in [5.41, 5.74) is 19.7. The molecule has 0 atom stereocenters. The van der Waals surface area contributed by atoms with E-state index in [0.29, 0.717) is 0 Å². The molecule has 4 heteroatoms. The molecule has 0 nitrogen and oxygen atoms in total. The Labute approximate surface area is 466 Å². The molecule has 0 N–H and O–H groups in total. The molecule has 0 amide bonds. The molecule has 74 heavy (non-hydrogen) atoms. The second-order valence-electron chi connectivity index (χ2n) is 24.7. The van der Waals surface area contributed by atoms with Crippen LogP contribution in [-0.4, -0.2) is 36.8 Å². The van der Waals surface area contributed by atoms with Crippen molar-refractivity contribution in [1.29, 1.82) is 0 Å². The Morgan fingerprint density at radius 3 is 0.797 bits per heavy atom. The Morgan fingerprint density at radius 1 is 0.311 bits per heavy atom. The number of benzene rings is 5. The molecular weight excluding hydrogens is 1140 g/mol. The number of unbranched alkanes of at least 4 members (excludes halogenated alkanes) is 12. The van der Waals surface area contributed by atoms with Crippen LogP contribution in [0.1, 0.15) is 197 Å². The molecule has 2 aromatic heterocycles. The number of hydrogen-bond acceptors (Lipinski definition) is 2. The van der Waals surface area contributed by atoms with Gasteiger partial charge in [-0.15, -0.1) is 0 Å². The molecule has 0 radical (unpaired) electrons. The summed E-state index contributed by atoms with van der Waals surface area (Å²) < 4.78 is 3.35. The van der Waals surface area contributed by atoms with Crippen molar-refractivity contribution < 1.29 is 0 Å². The van der Waals surface area contributed by atoms with Crippen LogP contribution in [0.2, 0.25) is 29.6 Å². The first-order valence-electron chi connectivity index (χ1n) is 29.7. The third-order valence-electron chi connectivity index (χ3n) is 17.0. The van der Waals surface area contributed by atoms with Gasteiger partial charge >= 0.3 is 417 Å². The van der Waals surface area contributed by atoms with Crippen molar-refractivity contribution in [3.8, 4) is 20.9 Å². The van der Waals surface area contributed by atoms with Crippen LogP contribution in [0.3, 0.4) is 0 Å². The van der Waals surface area contributed by atoms with Gasteiger partial charge in [-0.05, 0) is 0 Å². The predicted octanol–water partition coefficient (Wildman–Crippen LogP) is 20.1. The number of thiophene rings is 2. The summed E-state index contributed by atoms with van der Waals surface area (Å²) in [5, 5.41) is 0. The topological polar surface area (TPSA) is 0 Å². The van der Waals surface area contributed by atoms with Gasteiger partial charge in [-0.25, -0.2) is 0 Å². The average Bonchev–Trinajstić information content (AvgIpc) is 4.19. The van der Waals surface area contributed by atoms with Crippen LogP contribution < -0.4 is 5.79 Å². The molecule has 7 aromatic rings. The van der Waals surface area contributed by atoms with Crippen LogP contribution in [0.15, 0.2) is 121 Å². The fraction of sp³-hybridized carbons (Fsp3) is 0.457. The van der Waals surface area contributed by atoms with Crippen LogP contribution >= 0.6 is 22.7 Å². The third kappa shape index (κ3) is 11.2. The van der Waals surface area contributed by atoms with Gasteiger partial charge < -0.3 is 0 Å². The summed E-state index contributed by atoms with van der Waals surface area (Å²) in [6.07, 6.45) is 25.3. The zero-order valence-electron chi connectivity index (χ0n) is 47.5. The fourth-order valence-corrected chi connectivity index (χ4v) is 25.5. The molecule has 0 spiro atoms. The number of aryl methyl sites for hydroxylation is 4. The van der Waals surface area contributed by atoms with Crippen molar-refractivity contribution in [3.05, 3.63) is 188 Å². The second-order valence-corrected chi connectivity index (χ2v) is 57.6. The first-order chi connectivity index (χ1) is 35.8. The second kappa shape index (κ2) is 24.4. The molecule has 390 valence electrons. The maximum atomic E-state index is 2.78. The monoisotopic (exact) mass is 1230 g/mol. The SMILES string of the molecule is CCCCCCc1ccc(C2(c3ccc(CCCCCC)cc3)c3cc4c(cc3-c3s[c]([Sn]([CH3])([CH3])[CH3])cc32)C(c2ccc(CCCCCC)cc2)(c2ccc(CCCCCC)cc2)c2c[c]([Sn]([CH3])([CH3])[CH3])sc2-4)cc1. The molecule has 0 fully saturated rings. The van der Waals surface area contributed by atoms with E-state index in [4.69, 9.17) is 0 Å². The van der Waals surface area contributed by atoms with E-state index in [9.17, 15) is 0 Å². The van der Waals surface area contributed by atoms with Gasteiger partial charge in [-0.2, -0.15) is 0 Å². The summed E-state index contributed by atoms with van der Waals surface area (Å²) in [7, 11) is 0. The maximum absolute atomic E-state index is 2.78.